The van der Waals surface area contributed by atoms with E-state index in [0.29, 0.717) is 23.5 Å². The van der Waals surface area contributed by atoms with Gasteiger partial charge in [-0.1, -0.05) is 13.3 Å². The van der Waals surface area contributed by atoms with Crippen molar-refractivity contribution in [1.82, 2.24) is 5.43 Å². The summed E-state index contributed by atoms with van der Waals surface area (Å²) in [6.07, 6.45) is 3.48. The molecule has 0 heterocycles. The molecule has 0 bridgehead atoms. The van der Waals surface area contributed by atoms with Crippen molar-refractivity contribution in [2.45, 2.75) is 19.8 Å². The number of unbranched alkanes of at least 4 members (excludes halogenated alkanes) is 1. The minimum Gasteiger partial charge on any atom is -0.494 e. The molecule has 0 atom stereocenters. The summed E-state index contributed by atoms with van der Waals surface area (Å²) in [5.41, 5.74) is 8.15. The van der Waals surface area contributed by atoms with Gasteiger partial charge in [-0.15, -0.1) is 0 Å². The smallest absolute Gasteiger partial charge is 0.343 e. The molecule has 2 amide bonds. The third-order valence-electron chi connectivity index (χ3n) is 3.34. The maximum atomic E-state index is 12.2. The van der Waals surface area contributed by atoms with Crippen LogP contribution in [-0.2, 0) is 0 Å². The lowest BCUT2D eigenvalue weighted by molar-refractivity contribution is 0.0734. The molecule has 7 nitrogen and oxygen atoms in total. The van der Waals surface area contributed by atoms with Crippen LogP contribution in [0.2, 0.25) is 0 Å². The minimum absolute atomic E-state index is 0.401. The van der Waals surface area contributed by atoms with E-state index in [4.69, 9.17) is 15.2 Å². The van der Waals surface area contributed by atoms with Crippen LogP contribution >= 0.6 is 0 Å². The first-order valence-corrected chi connectivity index (χ1v) is 8.22. The number of carbonyl (C=O) groups excluding carboxylic acids is 2. The first-order valence-electron chi connectivity index (χ1n) is 8.22. The normalized spacial score (nSPS) is 10.5. The number of esters is 1. The maximum absolute atomic E-state index is 12.2. The topological polar surface area (TPSA) is 103 Å². The number of primary amides is 1. The summed E-state index contributed by atoms with van der Waals surface area (Å²) in [7, 11) is 0. The molecule has 0 aromatic heterocycles. The van der Waals surface area contributed by atoms with Crippen LogP contribution in [0.15, 0.2) is 53.6 Å². The number of rotatable bonds is 8. The Morgan fingerprint density at radius 3 is 2.35 bits per heavy atom. The number of hydrogen-bond donors (Lipinski definition) is 2. The van der Waals surface area contributed by atoms with E-state index in [0.717, 1.165) is 18.6 Å². The number of ether oxygens (including phenoxy) is 2. The van der Waals surface area contributed by atoms with Crippen LogP contribution < -0.4 is 20.6 Å². The van der Waals surface area contributed by atoms with Crippen LogP contribution in [0.1, 0.15) is 35.7 Å². The molecule has 2 aromatic rings. The van der Waals surface area contributed by atoms with E-state index in [9.17, 15) is 9.59 Å². The largest absolute Gasteiger partial charge is 0.494 e. The number of hydrazone groups is 1. The maximum Gasteiger partial charge on any atom is 0.343 e. The molecule has 136 valence electrons. The molecule has 0 saturated heterocycles. The van der Waals surface area contributed by atoms with Gasteiger partial charge in [-0.25, -0.2) is 15.0 Å². The minimum atomic E-state index is -0.742. The van der Waals surface area contributed by atoms with Crippen molar-refractivity contribution < 1.29 is 19.1 Å². The van der Waals surface area contributed by atoms with Gasteiger partial charge in [0.25, 0.3) is 0 Å². The van der Waals surface area contributed by atoms with E-state index < -0.39 is 12.0 Å². The zero-order valence-corrected chi connectivity index (χ0v) is 14.5. The molecule has 0 fully saturated rings. The van der Waals surface area contributed by atoms with Gasteiger partial charge < -0.3 is 15.2 Å². The Labute approximate surface area is 151 Å². The van der Waals surface area contributed by atoms with Crippen molar-refractivity contribution in [3.8, 4) is 11.5 Å². The monoisotopic (exact) mass is 355 g/mol. The van der Waals surface area contributed by atoms with Gasteiger partial charge >= 0.3 is 12.0 Å². The lowest BCUT2D eigenvalue weighted by Gasteiger charge is -2.07. The van der Waals surface area contributed by atoms with Crippen molar-refractivity contribution in [2.24, 2.45) is 10.8 Å². The highest BCUT2D eigenvalue weighted by atomic mass is 16.5. The van der Waals surface area contributed by atoms with E-state index in [1.54, 1.807) is 48.5 Å². The van der Waals surface area contributed by atoms with Gasteiger partial charge in [0.1, 0.15) is 11.5 Å². The molecule has 2 aromatic carbocycles. The number of nitrogens with zero attached hydrogens (tertiary/aromatic N) is 1. The second kappa shape index (κ2) is 9.83. The Kier molecular flexibility index (Phi) is 7.17. The number of hydrogen-bond acceptors (Lipinski definition) is 5. The van der Waals surface area contributed by atoms with Crippen LogP contribution in [0.4, 0.5) is 4.79 Å². The Morgan fingerprint density at radius 2 is 1.73 bits per heavy atom. The molecule has 2 rings (SSSR count). The zero-order chi connectivity index (χ0) is 18.8. The molecule has 0 aliphatic heterocycles. The van der Waals surface area contributed by atoms with Gasteiger partial charge in [-0.05, 0) is 60.5 Å². The second-order valence-electron chi connectivity index (χ2n) is 5.42. The second-order valence-corrected chi connectivity index (χ2v) is 5.42. The van der Waals surface area contributed by atoms with Crippen LogP contribution in [-0.4, -0.2) is 24.8 Å². The lowest BCUT2D eigenvalue weighted by atomic mass is 10.2. The standard InChI is InChI=1S/C19H21N3O4/c1-2-3-12-25-16-10-6-15(7-11-16)18(23)26-17-8-4-14(5-9-17)13-21-22-19(20)24/h4-11,13H,2-3,12H2,1H3,(H3,20,22,24). The number of carbonyl (C=O) groups is 2. The number of nitrogens with two attached hydrogens (primary N) is 1. The first kappa shape index (κ1) is 19.0. The summed E-state index contributed by atoms with van der Waals surface area (Å²) in [5.74, 6) is 0.670. The quantitative estimate of drug-likeness (QED) is 0.250. The van der Waals surface area contributed by atoms with E-state index in [1.807, 2.05) is 0 Å². The summed E-state index contributed by atoms with van der Waals surface area (Å²) >= 11 is 0. The third kappa shape index (κ3) is 6.27. The van der Waals surface area contributed by atoms with Crippen molar-refractivity contribution >= 4 is 18.2 Å². The molecule has 26 heavy (non-hydrogen) atoms. The van der Waals surface area contributed by atoms with Crippen LogP contribution in [0, 0.1) is 0 Å². The van der Waals surface area contributed by atoms with Gasteiger partial charge in [0.2, 0.25) is 0 Å². The fourth-order valence-corrected chi connectivity index (χ4v) is 1.98. The summed E-state index contributed by atoms with van der Waals surface area (Å²) in [6, 6.07) is 12.7. The Bertz CT molecular complexity index is 755. The lowest BCUT2D eigenvalue weighted by Crippen LogP contribution is -2.24. The number of benzene rings is 2. The molecule has 7 heteroatoms. The summed E-state index contributed by atoms with van der Waals surface area (Å²) in [6.45, 7) is 2.75. The SMILES string of the molecule is CCCCOc1ccc(C(=O)Oc2ccc(C=NNC(N)=O)cc2)cc1. The zero-order valence-electron chi connectivity index (χ0n) is 14.5. The van der Waals surface area contributed by atoms with Gasteiger partial charge in [-0.3, -0.25) is 0 Å². The van der Waals surface area contributed by atoms with Crippen molar-refractivity contribution in [1.29, 1.82) is 0 Å². The molecule has 0 saturated carbocycles. The first-order chi connectivity index (χ1) is 12.6. The van der Waals surface area contributed by atoms with Crippen molar-refractivity contribution in [3.63, 3.8) is 0 Å². The van der Waals surface area contributed by atoms with Gasteiger partial charge in [0.05, 0.1) is 18.4 Å². The van der Waals surface area contributed by atoms with Crippen LogP contribution in [0.3, 0.4) is 0 Å². The summed E-state index contributed by atoms with van der Waals surface area (Å²) in [4.78, 5) is 22.7. The molecule has 0 radical (unpaired) electrons. The number of nitrogens with one attached hydrogen (secondary N) is 1. The third-order valence-corrected chi connectivity index (χ3v) is 3.34. The highest BCUT2D eigenvalue weighted by Crippen LogP contribution is 2.16. The number of urea groups is 1. The van der Waals surface area contributed by atoms with Gasteiger partial charge in [-0.2, -0.15) is 5.10 Å². The van der Waals surface area contributed by atoms with E-state index in [-0.39, 0.29) is 0 Å². The Balaban J connectivity index is 1.90. The summed E-state index contributed by atoms with van der Waals surface area (Å²) < 4.78 is 10.9. The summed E-state index contributed by atoms with van der Waals surface area (Å²) in [5, 5.41) is 3.65. The van der Waals surface area contributed by atoms with Crippen molar-refractivity contribution in [2.75, 3.05) is 6.61 Å². The van der Waals surface area contributed by atoms with E-state index in [2.05, 4.69) is 17.5 Å². The highest BCUT2D eigenvalue weighted by Gasteiger charge is 2.08. The van der Waals surface area contributed by atoms with Gasteiger partial charge in [0.15, 0.2) is 0 Å². The number of amides is 2. The molecule has 0 unspecified atom stereocenters. The molecular weight excluding hydrogens is 334 g/mol. The molecule has 0 aliphatic carbocycles. The molecule has 0 aliphatic rings. The van der Waals surface area contributed by atoms with Gasteiger partial charge in [0, 0.05) is 0 Å². The highest BCUT2D eigenvalue weighted by molar-refractivity contribution is 5.91. The Morgan fingerprint density at radius 1 is 1.08 bits per heavy atom. The van der Waals surface area contributed by atoms with E-state index in [1.165, 1.54) is 6.21 Å². The molecule has 3 N–H and O–H groups in total. The fraction of sp³-hybridized carbons (Fsp3) is 0.211. The fourth-order valence-electron chi connectivity index (χ4n) is 1.98. The van der Waals surface area contributed by atoms with Crippen molar-refractivity contribution in [3.05, 3.63) is 59.7 Å². The molecule has 0 spiro atoms. The predicted octanol–water partition coefficient (Wildman–Crippen LogP) is 3.09. The predicted molar refractivity (Wildman–Crippen MR) is 98.6 cm³/mol. The van der Waals surface area contributed by atoms with Crippen LogP contribution in [0.5, 0.6) is 11.5 Å². The average Bonchev–Trinajstić information content (AvgIpc) is 2.63. The average molecular weight is 355 g/mol. The Hall–Kier alpha value is -3.35. The van der Waals surface area contributed by atoms with Crippen LogP contribution in [0.25, 0.3) is 0 Å². The van der Waals surface area contributed by atoms with E-state index >= 15 is 0 Å². The molecular formula is C19H21N3O4.